The van der Waals surface area contributed by atoms with E-state index in [4.69, 9.17) is 0 Å². The molecule has 0 radical (unpaired) electrons. The molecule has 0 aliphatic carbocycles. The molecule has 16 heavy (non-hydrogen) atoms. The predicted octanol–water partition coefficient (Wildman–Crippen LogP) is 2.11. The number of piperazine rings is 1. The van der Waals surface area contributed by atoms with Crippen LogP contribution in [0.5, 0.6) is 0 Å². The molecular weight excluding hydrogens is 217 g/mol. The number of alkyl halides is 3. The third-order valence-electron chi connectivity index (χ3n) is 3.70. The molecule has 2 aliphatic heterocycles. The van der Waals surface area contributed by atoms with Gasteiger partial charge in [0, 0.05) is 25.2 Å². The van der Waals surface area contributed by atoms with Gasteiger partial charge < -0.3 is 0 Å². The van der Waals surface area contributed by atoms with Crippen molar-refractivity contribution in [3.8, 4) is 0 Å². The maximum absolute atomic E-state index is 12.4. The first-order valence-electron chi connectivity index (χ1n) is 6.00. The first-order valence-corrected chi connectivity index (χ1v) is 6.00. The van der Waals surface area contributed by atoms with E-state index in [9.17, 15) is 13.2 Å². The van der Waals surface area contributed by atoms with Crippen molar-refractivity contribution < 1.29 is 13.2 Å². The standard InChI is InChI=1S/C11H19F3N2/c1-9-6-15-5-3-2-4-10(15)7-16(9)8-11(12,13)14/h9-10H,2-8H2,1H3. The molecule has 0 aromatic carbocycles. The molecule has 0 spiro atoms. The van der Waals surface area contributed by atoms with E-state index in [2.05, 4.69) is 4.90 Å². The van der Waals surface area contributed by atoms with Crippen LogP contribution in [0.15, 0.2) is 0 Å². The van der Waals surface area contributed by atoms with Gasteiger partial charge in [-0.3, -0.25) is 9.80 Å². The molecule has 2 fully saturated rings. The van der Waals surface area contributed by atoms with Crippen LogP contribution in [0.1, 0.15) is 26.2 Å². The lowest BCUT2D eigenvalue weighted by molar-refractivity contribution is -0.159. The molecule has 2 unspecified atom stereocenters. The van der Waals surface area contributed by atoms with Crippen LogP contribution in [0.2, 0.25) is 0 Å². The normalized spacial score (nSPS) is 33.8. The second-order valence-electron chi connectivity index (χ2n) is 5.04. The van der Waals surface area contributed by atoms with Crippen LogP contribution in [-0.2, 0) is 0 Å². The molecule has 0 aromatic heterocycles. The van der Waals surface area contributed by atoms with Crippen LogP contribution < -0.4 is 0 Å². The second-order valence-corrected chi connectivity index (χ2v) is 5.04. The Balaban J connectivity index is 1.95. The summed E-state index contributed by atoms with van der Waals surface area (Å²) in [5.74, 6) is 0. The van der Waals surface area contributed by atoms with E-state index in [1.807, 2.05) is 6.92 Å². The molecule has 2 aliphatic rings. The van der Waals surface area contributed by atoms with Gasteiger partial charge in [-0.2, -0.15) is 13.2 Å². The van der Waals surface area contributed by atoms with Crippen molar-refractivity contribution >= 4 is 0 Å². The van der Waals surface area contributed by atoms with Crippen molar-refractivity contribution in [2.45, 2.75) is 44.4 Å². The van der Waals surface area contributed by atoms with E-state index in [-0.39, 0.29) is 6.04 Å². The first-order chi connectivity index (χ1) is 7.46. The molecule has 2 saturated heterocycles. The number of piperidine rings is 1. The summed E-state index contributed by atoms with van der Waals surface area (Å²) >= 11 is 0. The Kier molecular flexibility index (Phi) is 3.45. The minimum absolute atomic E-state index is 0.0241. The third-order valence-corrected chi connectivity index (χ3v) is 3.70. The van der Waals surface area contributed by atoms with Crippen LogP contribution in [0.3, 0.4) is 0 Å². The molecule has 2 rings (SSSR count). The van der Waals surface area contributed by atoms with E-state index < -0.39 is 12.7 Å². The van der Waals surface area contributed by atoms with Gasteiger partial charge in [-0.25, -0.2) is 0 Å². The Bertz CT molecular complexity index is 242. The predicted molar refractivity (Wildman–Crippen MR) is 56.3 cm³/mol. The van der Waals surface area contributed by atoms with Gasteiger partial charge in [0.15, 0.2) is 0 Å². The highest BCUT2D eigenvalue weighted by Gasteiger charge is 2.38. The molecule has 0 amide bonds. The molecule has 2 heterocycles. The fourth-order valence-corrected chi connectivity index (χ4v) is 2.86. The van der Waals surface area contributed by atoms with E-state index in [0.29, 0.717) is 12.6 Å². The van der Waals surface area contributed by atoms with Gasteiger partial charge in [0.25, 0.3) is 0 Å². The van der Waals surface area contributed by atoms with E-state index in [1.165, 1.54) is 6.42 Å². The summed E-state index contributed by atoms with van der Waals surface area (Å²) < 4.78 is 37.1. The minimum atomic E-state index is -4.06. The lowest BCUT2D eigenvalue weighted by Gasteiger charge is -2.47. The molecule has 0 saturated carbocycles. The highest BCUT2D eigenvalue weighted by molar-refractivity contribution is 4.89. The summed E-state index contributed by atoms with van der Waals surface area (Å²) in [7, 11) is 0. The summed E-state index contributed by atoms with van der Waals surface area (Å²) in [5, 5.41) is 0. The number of rotatable bonds is 1. The fourth-order valence-electron chi connectivity index (χ4n) is 2.86. The lowest BCUT2D eigenvalue weighted by Crippen LogP contribution is -2.60. The van der Waals surface area contributed by atoms with Crippen LogP contribution >= 0.6 is 0 Å². The Morgan fingerprint density at radius 1 is 1.19 bits per heavy atom. The van der Waals surface area contributed by atoms with E-state index in [1.54, 1.807) is 4.90 Å². The monoisotopic (exact) mass is 236 g/mol. The highest BCUT2D eigenvalue weighted by atomic mass is 19.4. The summed E-state index contributed by atoms with van der Waals surface area (Å²) in [6.45, 7) is 3.59. The van der Waals surface area contributed by atoms with Crippen molar-refractivity contribution in [2.75, 3.05) is 26.2 Å². The van der Waals surface area contributed by atoms with Crippen molar-refractivity contribution in [1.29, 1.82) is 0 Å². The number of fused-ring (bicyclic) bond motifs is 1. The minimum Gasteiger partial charge on any atom is -0.298 e. The van der Waals surface area contributed by atoms with Crippen LogP contribution in [-0.4, -0.2) is 54.2 Å². The van der Waals surface area contributed by atoms with Gasteiger partial charge >= 0.3 is 6.18 Å². The van der Waals surface area contributed by atoms with Gasteiger partial charge in [0.1, 0.15) is 0 Å². The quantitative estimate of drug-likeness (QED) is 0.688. The maximum Gasteiger partial charge on any atom is 0.401 e. The molecule has 5 heteroatoms. The molecule has 94 valence electrons. The Morgan fingerprint density at radius 3 is 2.62 bits per heavy atom. The van der Waals surface area contributed by atoms with Crippen molar-refractivity contribution in [1.82, 2.24) is 9.80 Å². The van der Waals surface area contributed by atoms with Crippen LogP contribution in [0.4, 0.5) is 13.2 Å². The molecule has 0 N–H and O–H groups in total. The Hall–Kier alpha value is -0.290. The molecule has 2 nitrogen and oxygen atoms in total. The highest BCUT2D eigenvalue weighted by Crippen LogP contribution is 2.26. The summed E-state index contributed by atoms with van der Waals surface area (Å²) in [6, 6.07) is 0.378. The fraction of sp³-hybridized carbons (Fsp3) is 1.00. The average molecular weight is 236 g/mol. The molecule has 0 bridgehead atoms. The Morgan fingerprint density at radius 2 is 1.94 bits per heavy atom. The van der Waals surface area contributed by atoms with Gasteiger partial charge in [-0.1, -0.05) is 6.42 Å². The SMILES string of the molecule is CC1CN2CCCCC2CN1CC(F)(F)F. The zero-order valence-corrected chi connectivity index (χ0v) is 9.63. The Labute approximate surface area is 94.4 Å². The molecule has 0 aromatic rings. The lowest BCUT2D eigenvalue weighted by atomic mass is 9.97. The van der Waals surface area contributed by atoms with Crippen LogP contribution in [0.25, 0.3) is 0 Å². The van der Waals surface area contributed by atoms with Crippen molar-refractivity contribution in [3.05, 3.63) is 0 Å². The zero-order valence-electron chi connectivity index (χ0n) is 9.63. The molecule has 2 atom stereocenters. The van der Waals surface area contributed by atoms with Crippen molar-refractivity contribution in [3.63, 3.8) is 0 Å². The second kappa shape index (κ2) is 4.53. The third kappa shape index (κ3) is 2.88. The summed E-state index contributed by atoms with van der Waals surface area (Å²) in [5.41, 5.74) is 0. The number of hydrogen-bond donors (Lipinski definition) is 0. The van der Waals surface area contributed by atoms with E-state index >= 15 is 0 Å². The maximum atomic E-state index is 12.4. The van der Waals surface area contributed by atoms with Gasteiger partial charge in [-0.05, 0) is 26.3 Å². The van der Waals surface area contributed by atoms with Gasteiger partial charge in [-0.15, -0.1) is 0 Å². The van der Waals surface area contributed by atoms with Gasteiger partial charge in [0.05, 0.1) is 6.54 Å². The summed E-state index contributed by atoms with van der Waals surface area (Å²) in [6.07, 6.45) is -0.649. The largest absolute Gasteiger partial charge is 0.401 e. The molecular formula is C11H19F3N2. The van der Waals surface area contributed by atoms with Gasteiger partial charge in [0.2, 0.25) is 0 Å². The number of nitrogens with zero attached hydrogens (tertiary/aromatic N) is 2. The first kappa shape index (κ1) is 12.2. The van der Waals surface area contributed by atoms with E-state index in [0.717, 1.165) is 25.9 Å². The summed E-state index contributed by atoms with van der Waals surface area (Å²) in [4.78, 5) is 3.95. The van der Waals surface area contributed by atoms with Crippen molar-refractivity contribution in [2.24, 2.45) is 0 Å². The number of hydrogen-bond acceptors (Lipinski definition) is 2. The smallest absolute Gasteiger partial charge is 0.298 e. The van der Waals surface area contributed by atoms with Crippen LogP contribution in [0, 0.1) is 0 Å². The zero-order chi connectivity index (χ0) is 11.8. The topological polar surface area (TPSA) is 6.48 Å². The number of halogens is 3. The average Bonchev–Trinajstić information content (AvgIpc) is 2.17.